The quantitative estimate of drug-likeness (QED) is 0.543. The van der Waals surface area contributed by atoms with E-state index in [9.17, 15) is 17.6 Å². The highest BCUT2D eigenvalue weighted by Crippen LogP contribution is 2.26. The zero-order chi connectivity index (χ0) is 23.8. The van der Waals surface area contributed by atoms with Gasteiger partial charge in [-0.15, -0.1) is 0 Å². The predicted octanol–water partition coefficient (Wildman–Crippen LogP) is 3.93. The molecule has 0 bridgehead atoms. The van der Waals surface area contributed by atoms with Crippen molar-refractivity contribution in [2.24, 2.45) is 0 Å². The first-order valence-corrected chi connectivity index (χ1v) is 12.4. The van der Waals surface area contributed by atoms with E-state index in [1.54, 1.807) is 33.8 Å². The van der Waals surface area contributed by atoms with E-state index in [1.165, 1.54) is 34.8 Å². The van der Waals surface area contributed by atoms with Gasteiger partial charge >= 0.3 is 0 Å². The van der Waals surface area contributed by atoms with Crippen LogP contribution in [-0.4, -0.2) is 59.5 Å². The lowest BCUT2D eigenvalue weighted by Gasteiger charge is -2.34. The Morgan fingerprint density at radius 3 is 2.33 bits per heavy atom. The highest BCUT2D eigenvalue weighted by atomic mass is 35.5. The van der Waals surface area contributed by atoms with E-state index in [-0.39, 0.29) is 48.7 Å². The van der Waals surface area contributed by atoms with Crippen LogP contribution in [0.5, 0.6) is 0 Å². The van der Waals surface area contributed by atoms with Gasteiger partial charge in [-0.2, -0.15) is 9.40 Å². The van der Waals surface area contributed by atoms with Gasteiger partial charge in [0.15, 0.2) is 0 Å². The van der Waals surface area contributed by atoms with Crippen molar-refractivity contribution in [3.05, 3.63) is 76.8 Å². The molecule has 1 aliphatic rings. The number of sulfonamides is 1. The molecule has 1 amide bonds. The summed E-state index contributed by atoms with van der Waals surface area (Å²) in [7, 11) is -3.69. The largest absolute Gasteiger partial charge is 0.336 e. The fourth-order valence-electron chi connectivity index (χ4n) is 3.94. The van der Waals surface area contributed by atoms with Crippen molar-refractivity contribution in [2.75, 3.05) is 26.2 Å². The minimum Gasteiger partial charge on any atom is -0.336 e. The normalized spacial score (nSPS) is 15.2. The summed E-state index contributed by atoms with van der Waals surface area (Å²) in [4.78, 5) is 15.1. The van der Waals surface area contributed by atoms with Gasteiger partial charge in [0.2, 0.25) is 10.0 Å². The fraction of sp³-hybridized carbons (Fsp3) is 0.304. The second-order valence-corrected chi connectivity index (χ2v) is 10.5. The first-order chi connectivity index (χ1) is 15.7. The van der Waals surface area contributed by atoms with Gasteiger partial charge in [-0.05, 0) is 48.4 Å². The van der Waals surface area contributed by atoms with E-state index in [1.807, 2.05) is 13.8 Å². The first kappa shape index (κ1) is 23.4. The summed E-state index contributed by atoms with van der Waals surface area (Å²) >= 11 is 5.95. The average molecular weight is 491 g/mol. The van der Waals surface area contributed by atoms with Crippen LogP contribution in [0.25, 0.3) is 5.69 Å². The number of carbonyl (C=O) groups excluding carboxylic acids is 1. The lowest BCUT2D eigenvalue weighted by atomic mass is 10.0. The molecule has 0 saturated carbocycles. The number of rotatable bonds is 5. The molecule has 1 saturated heterocycles. The van der Waals surface area contributed by atoms with Crippen LogP contribution >= 0.6 is 11.6 Å². The summed E-state index contributed by atoms with van der Waals surface area (Å²) in [6, 6.07) is 12.1. The van der Waals surface area contributed by atoms with Crippen molar-refractivity contribution in [3.8, 4) is 5.69 Å². The molecule has 1 aromatic heterocycles. The number of carbonyl (C=O) groups is 1. The van der Waals surface area contributed by atoms with E-state index in [4.69, 9.17) is 11.6 Å². The molecule has 174 valence electrons. The van der Waals surface area contributed by atoms with E-state index >= 15 is 0 Å². The third kappa shape index (κ3) is 4.66. The molecule has 1 fully saturated rings. The Morgan fingerprint density at radius 2 is 1.73 bits per heavy atom. The fourth-order valence-corrected chi connectivity index (χ4v) is 5.67. The molecule has 33 heavy (non-hydrogen) atoms. The van der Waals surface area contributed by atoms with Crippen molar-refractivity contribution in [2.45, 2.75) is 24.7 Å². The lowest BCUT2D eigenvalue weighted by molar-refractivity contribution is 0.0696. The van der Waals surface area contributed by atoms with Crippen LogP contribution in [0.2, 0.25) is 5.02 Å². The number of amides is 1. The zero-order valence-corrected chi connectivity index (χ0v) is 19.9. The van der Waals surface area contributed by atoms with Crippen LogP contribution in [0.4, 0.5) is 4.39 Å². The molecule has 1 aliphatic heterocycles. The molecule has 2 heterocycles. The third-order valence-corrected chi connectivity index (χ3v) is 7.74. The molecule has 0 unspecified atom stereocenters. The Hall–Kier alpha value is -2.75. The maximum absolute atomic E-state index is 13.3. The Bertz CT molecular complexity index is 1270. The second-order valence-electron chi connectivity index (χ2n) is 8.14. The molecule has 0 atom stereocenters. The molecule has 2 aromatic carbocycles. The number of aromatic nitrogens is 2. The topological polar surface area (TPSA) is 75.5 Å². The summed E-state index contributed by atoms with van der Waals surface area (Å²) < 4.78 is 42.2. The average Bonchev–Trinajstić information content (AvgIpc) is 3.25. The standard InChI is InChI=1S/C23H24ClFN4O3S/c1-16(2)22-21(15-26-29(22)19-8-6-18(25)7-9-19)23(30)27-10-12-28(13-11-27)33(31,32)20-5-3-4-17(24)14-20/h3-9,14-16H,10-13H2,1-2H3. The Kier molecular flexibility index (Phi) is 6.56. The number of piperazine rings is 1. The molecule has 0 N–H and O–H groups in total. The van der Waals surface area contributed by atoms with E-state index < -0.39 is 10.0 Å². The molecule has 0 radical (unpaired) electrons. The van der Waals surface area contributed by atoms with E-state index in [0.29, 0.717) is 16.3 Å². The van der Waals surface area contributed by atoms with Gasteiger partial charge in [-0.25, -0.2) is 17.5 Å². The van der Waals surface area contributed by atoms with Crippen molar-refractivity contribution in [3.63, 3.8) is 0 Å². The molecule has 0 spiro atoms. The van der Waals surface area contributed by atoms with E-state index in [0.717, 1.165) is 5.69 Å². The first-order valence-electron chi connectivity index (χ1n) is 10.6. The summed E-state index contributed by atoms with van der Waals surface area (Å²) in [6.45, 7) is 4.82. The molecular formula is C23H24ClFN4O3S. The van der Waals surface area contributed by atoms with Gasteiger partial charge in [-0.1, -0.05) is 31.5 Å². The van der Waals surface area contributed by atoms with Crippen molar-refractivity contribution >= 4 is 27.5 Å². The zero-order valence-electron chi connectivity index (χ0n) is 18.3. The maximum atomic E-state index is 13.3. The maximum Gasteiger partial charge on any atom is 0.257 e. The number of hydrogen-bond donors (Lipinski definition) is 0. The molecule has 10 heteroatoms. The highest BCUT2D eigenvalue weighted by molar-refractivity contribution is 7.89. The summed E-state index contributed by atoms with van der Waals surface area (Å²) in [5.74, 6) is -0.563. The summed E-state index contributed by atoms with van der Waals surface area (Å²) in [5, 5.41) is 4.73. The SMILES string of the molecule is CC(C)c1c(C(=O)N2CCN(S(=O)(=O)c3cccc(Cl)c3)CC2)cnn1-c1ccc(F)cc1. The minimum absolute atomic E-state index is 0.0130. The molecule has 0 aliphatic carbocycles. The predicted molar refractivity (Wildman–Crippen MR) is 124 cm³/mol. The Balaban J connectivity index is 1.53. The van der Waals surface area contributed by atoms with Crippen LogP contribution in [-0.2, 0) is 10.0 Å². The van der Waals surface area contributed by atoms with Crippen LogP contribution in [0.15, 0.2) is 59.6 Å². The second kappa shape index (κ2) is 9.24. The van der Waals surface area contributed by atoms with Gasteiger partial charge in [0.25, 0.3) is 5.91 Å². The monoisotopic (exact) mass is 490 g/mol. The molecule has 7 nitrogen and oxygen atoms in total. The van der Waals surface area contributed by atoms with Crippen molar-refractivity contribution in [1.82, 2.24) is 19.0 Å². The number of hydrogen-bond acceptors (Lipinski definition) is 4. The lowest BCUT2D eigenvalue weighted by Crippen LogP contribution is -2.50. The number of nitrogens with zero attached hydrogens (tertiary/aromatic N) is 4. The Morgan fingerprint density at radius 1 is 1.06 bits per heavy atom. The van der Waals surface area contributed by atoms with Crippen LogP contribution in [0.3, 0.4) is 0 Å². The third-order valence-electron chi connectivity index (χ3n) is 5.61. The van der Waals surface area contributed by atoms with E-state index in [2.05, 4.69) is 5.10 Å². The number of benzene rings is 2. The molecular weight excluding hydrogens is 467 g/mol. The van der Waals surface area contributed by atoms with Crippen LogP contribution < -0.4 is 0 Å². The molecule has 4 rings (SSSR count). The van der Waals surface area contributed by atoms with Gasteiger partial charge in [0, 0.05) is 31.2 Å². The smallest absolute Gasteiger partial charge is 0.257 e. The van der Waals surface area contributed by atoms with Crippen molar-refractivity contribution in [1.29, 1.82) is 0 Å². The van der Waals surface area contributed by atoms with Gasteiger partial charge in [0.05, 0.1) is 28.0 Å². The molecule has 3 aromatic rings. The van der Waals surface area contributed by atoms with Gasteiger partial charge < -0.3 is 4.90 Å². The van der Waals surface area contributed by atoms with Crippen molar-refractivity contribution < 1.29 is 17.6 Å². The number of halogens is 2. The van der Waals surface area contributed by atoms with Gasteiger partial charge in [-0.3, -0.25) is 4.79 Å². The van der Waals surface area contributed by atoms with Crippen LogP contribution in [0, 0.1) is 5.82 Å². The minimum atomic E-state index is -3.69. The summed E-state index contributed by atoms with van der Waals surface area (Å²) in [5.41, 5.74) is 1.85. The Labute approximate surface area is 197 Å². The highest BCUT2D eigenvalue weighted by Gasteiger charge is 2.32. The van der Waals surface area contributed by atoms with Crippen LogP contribution in [0.1, 0.15) is 35.8 Å². The summed E-state index contributed by atoms with van der Waals surface area (Å²) in [6.07, 6.45) is 1.52. The van der Waals surface area contributed by atoms with Gasteiger partial charge in [0.1, 0.15) is 5.82 Å².